The third-order valence-electron chi connectivity index (χ3n) is 4.42. The summed E-state index contributed by atoms with van der Waals surface area (Å²) in [6.45, 7) is 9.09. The number of aryl methyl sites for hydroxylation is 1. The lowest BCUT2D eigenvalue weighted by Gasteiger charge is -2.32. The Bertz CT molecular complexity index is 537. The number of aromatic nitrogens is 2. The standard InChI is InChI=1S/C18H32N4O3.ClH/c1-18(2,3)17-20-15(25-21-17)6-4-7-16(23)22-11-8-14(9-12-22)24-13-5-10-19;/h14H,4-13,19H2,1-3H3;1H. The van der Waals surface area contributed by atoms with Crippen LogP contribution in [0.15, 0.2) is 4.52 Å². The normalized spacial score (nSPS) is 15.8. The highest BCUT2D eigenvalue weighted by atomic mass is 35.5. The second kappa shape index (κ2) is 10.8. The lowest BCUT2D eigenvalue weighted by molar-refractivity contribution is -0.133. The molecule has 1 aromatic rings. The maximum atomic E-state index is 12.3. The molecular formula is C18H33ClN4O3. The number of nitrogens with zero attached hydrogens (tertiary/aromatic N) is 3. The minimum atomic E-state index is -0.117. The summed E-state index contributed by atoms with van der Waals surface area (Å²) >= 11 is 0. The van der Waals surface area contributed by atoms with Crippen molar-refractivity contribution >= 4 is 18.3 Å². The van der Waals surface area contributed by atoms with Crippen LogP contribution in [0.4, 0.5) is 0 Å². The summed E-state index contributed by atoms with van der Waals surface area (Å²) in [5.74, 6) is 1.53. The van der Waals surface area contributed by atoms with Gasteiger partial charge in [0.25, 0.3) is 0 Å². The van der Waals surface area contributed by atoms with Crippen LogP contribution in [-0.2, 0) is 21.4 Å². The SMILES string of the molecule is CC(C)(C)c1noc(CCCC(=O)N2CCC(OCCCN)CC2)n1.Cl. The number of rotatable bonds is 8. The van der Waals surface area contributed by atoms with Crippen molar-refractivity contribution in [3.05, 3.63) is 11.7 Å². The molecule has 1 fully saturated rings. The van der Waals surface area contributed by atoms with Gasteiger partial charge in [0.2, 0.25) is 11.8 Å². The Morgan fingerprint density at radius 2 is 2.00 bits per heavy atom. The Labute approximate surface area is 162 Å². The third-order valence-corrected chi connectivity index (χ3v) is 4.42. The number of hydrogen-bond acceptors (Lipinski definition) is 6. The van der Waals surface area contributed by atoms with Crippen LogP contribution in [0, 0.1) is 0 Å². The average Bonchev–Trinajstić information content (AvgIpc) is 3.05. The molecule has 0 radical (unpaired) electrons. The Morgan fingerprint density at radius 1 is 1.31 bits per heavy atom. The molecule has 26 heavy (non-hydrogen) atoms. The summed E-state index contributed by atoms with van der Waals surface area (Å²) in [7, 11) is 0. The van der Waals surface area contributed by atoms with Gasteiger partial charge in [-0.3, -0.25) is 4.79 Å². The van der Waals surface area contributed by atoms with Crippen molar-refractivity contribution in [3.8, 4) is 0 Å². The molecule has 0 saturated carbocycles. The van der Waals surface area contributed by atoms with Gasteiger partial charge in [-0.15, -0.1) is 12.4 Å². The molecule has 1 aromatic heterocycles. The van der Waals surface area contributed by atoms with E-state index in [4.69, 9.17) is 15.0 Å². The van der Waals surface area contributed by atoms with Gasteiger partial charge in [0.05, 0.1) is 6.10 Å². The van der Waals surface area contributed by atoms with E-state index >= 15 is 0 Å². The molecule has 1 aliphatic rings. The number of carbonyl (C=O) groups is 1. The van der Waals surface area contributed by atoms with Crippen LogP contribution in [0.1, 0.15) is 64.6 Å². The molecule has 0 atom stereocenters. The van der Waals surface area contributed by atoms with E-state index in [2.05, 4.69) is 30.9 Å². The monoisotopic (exact) mass is 388 g/mol. The van der Waals surface area contributed by atoms with Crippen molar-refractivity contribution in [3.63, 3.8) is 0 Å². The van der Waals surface area contributed by atoms with E-state index in [1.165, 1.54) is 0 Å². The number of halogens is 1. The maximum Gasteiger partial charge on any atom is 0.226 e. The molecular weight excluding hydrogens is 356 g/mol. The smallest absolute Gasteiger partial charge is 0.226 e. The Kier molecular flexibility index (Phi) is 9.54. The molecule has 0 spiro atoms. The van der Waals surface area contributed by atoms with E-state index in [9.17, 15) is 4.79 Å². The Morgan fingerprint density at radius 3 is 2.58 bits per heavy atom. The number of piperidine rings is 1. The first-order valence-corrected chi connectivity index (χ1v) is 9.32. The molecule has 1 amide bonds. The highest BCUT2D eigenvalue weighted by molar-refractivity contribution is 5.85. The fourth-order valence-corrected chi connectivity index (χ4v) is 2.82. The van der Waals surface area contributed by atoms with E-state index in [-0.39, 0.29) is 29.8 Å². The van der Waals surface area contributed by atoms with E-state index in [0.717, 1.165) is 45.4 Å². The topological polar surface area (TPSA) is 94.5 Å². The number of likely N-dealkylation sites (tertiary alicyclic amines) is 1. The van der Waals surface area contributed by atoms with E-state index in [1.807, 2.05) is 4.90 Å². The molecule has 150 valence electrons. The fraction of sp³-hybridized carbons (Fsp3) is 0.833. The first-order valence-electron chi connectivity index (χ1n) is 9.32. The summed E-state index contributed by atoms with van der Waals surface area (Å²) in [5, 5.41) is 4.01. The summed E-state index contributed by atoms with van der Waals surface area (Å²) in [6, 6.07) is 0. The zero-order valence-electron chi connectivity index (χ0n) is 16.2. The van der Waals surface area contributed by atoms with Gasteiger partial charge >= 0.3 is 0 Å². The van der Waals surface area contributed by atoms with Gasteiger partial charge in [-0.2, -0.15) is 4.98 Å². The van der Waals surface area contributed by atoms with Gasteiger partial charge in [0.1, 0.15) is 0 Å². The van der Waals surface area contributed by atoms with Crippen LogP contribution >= 0.6 is 12.4 Å². The van der Waals surface area contributed by atoms with Crippen LogP contribution in [0.5, 0.6) is 0 Å². The molecule has 1 saturated heterocycles. The van der Waals surface area contributed by atoms with Crippen LogP contribution < -0.4 is 5.73 Å². The number of nitrogens with two attached hydrogens (primary N) is 1. The van der Waals surface area contributed by atoms with E-state index in [0.29, 0.717) is 31.1 Å². The number of ether oxygens (including phenoxy) is 1. The van der Waals surface area contributed by atoms with E-state index < -0.39 is 0 Å². The molecule has 7 nitrogen and oxygen atoms in total. The van der Waals surface area contributed by atoms with Crippen molar-refractivity contribution < 1.29 is 14.1 Å². The van der Waals surface area contributed by atoms with Gasteiger partial charge in [-0.25, -0.2) is 0 Å². The van der Waals surface area contributed by atoms with Crippen LogP contribution in [0.3, 0.4) is 0 Å². The number of amides is 1. The summed E-state index contributed by atoms with van der Waals surface area (Å²) in [5.41, 5.74) is 5.35. The highest BCUT2D eigenvalue weighted by Crippen LogP contribution is 2.19. The predicted molar refractivity (Wildman–Crippen MR) is 102 cm³/mol. The average molecular weight is 389 g/mol. The van der Waals surface area contributed by atoms with Crippen LogP contribution in [0.25, 0.3) is 0 Å². The summed E-state index contributed by atoms with van der Waals surface area (Å²) in [4.78, 5) is 18.7. The first kappa shape index (κ1) is 22.9. The Balaban J connectivity index is 0.00000338. The van der Waals surface area contributed by atoms with E-state index in [1.54, 1.807) is 0 Å². The summed E-state index contributed by atoms with van der Waals surface area (Å²) in [6.07, 6.45) is 4.89. The second-order valence-electron chi connectivity index (χ2n) is 7.71. The molecule has 2 rings (SSSR count). The minimum Gasteiger partial charge on any atom is -0.378 e. The predicted octanol–water partition coefficient (Wildman–Crippen LogP) is 2.47. The number of hydrogen-bond donors (Lipinski definition) is 1. The molecule has 2 N–H and O–H groups in total. The van der Waals surface area contributed by atoms with Gasteiger partial charge in [0, 0.05) is 38.0 Å². The highest BCUT2D eigenvalue weighted by Gasteiger charge is 2.23. The van der Waals surface area contributed by atoms with Gasteiger partial charge in [0.15, 0.2) is 5.82 Å². The molecule has 0 aliphatic carbocycles. The minimum absolute atomic E-state index is 0. The molecule has 1 aliphatic heterocycles. The largest absolute Gasteiger partial charge is 0.378 e. The van der Waals surface area contributed by atoms with Crippen molar-refractivity contribution in [2.45, 2.75) is 70.8 Å². The quantitative estimate of drug-likeness (QED) is 0.687. The third kappa shape index (κ3) is 7.21. The van der Waals surface area contributed by atoms with Crippen LogP contribution in [-0.4, -0.2) is 53.3 Å². The summed E-state index contributed by atoms with van der Waals surface area (Å²) < 4.78 is 11.0. The molecule has 8 heteroatoms. The van der Waals surface area contributed by atoms with Gasteiger partial charge in [-0.1, -0.05) is 25.9 Å². The number of carbonyl (C=O) groups excluding carboxylic acids is 1. The van der Waals surface area contributed by atoms with Gasteiger partial charge in [-0.05, 0) is 32.2 Å². The zero-order valence-corrected chi connectivity index (χ0v) is 17.0. The molecule has 0 aromatic carbocycles. The lowest BCUT2D eigenvalue weighted by Crippen LogP contribution is -2.41. The van der Waals surface area contributed by atoms with Crippen molar-refractivity contribution in [2.24, 2.45) is 5.73 Å². The fourth-order valence-electron chi connectivity index (χ4n) is 2.82. The molecule has 0 unspecified atom stereocenters. The van der Waals surface area contributed by atoms with Crippen molar-refractivity contribution in [2.75, 3.05) is 26.2 Å². The van der Waals surface area contributed by atoms with Crippen molar-refractivity contribution in [1.29, 1.82) is 0 Å². The Hall–Kier alpha value is -1.18. The van der Waals surface area contributed by atoms with Crippen molar-refractivity contribution in [1.82, 2.24) is 15.0 Å². The van der Waals surface area contributed by atoms with Crippen LogP contribution in [0.2, 0.25) is 0 Å². The molecule has 0 bridgehead atoms. The lowest BCUT2D eigenvalue weighted by atomic mass is 9.96. The second-order valence-corrected chi connectivity index (χ2v) is 7.71. The maximum absolute atomic E-state index is 12.3. The van der Waals surface area contributed by atoms with Gasteiger partial charge < -0.3 is 19.9 Å². The first-order chi connectivity index (χ1) is 11.9. The molecule has 2 heterocycles. The zero-order chi connectivity index (χ0) is 18.3.